The summed E-state index contributed by atoms with van der Waals surface area (Å²) in [6.45, 7) is 6.61. The minimum absolute atomic E-state index is 0.529. The van der Waals surface area contributed by atoms with Gasteiger partial charge in [0.05, 0.1) is 25.6 Å². The van der Waals surface area contributed by atoms with Crippen LogP contribution < -0.4 is 9.47 Å². The standard InChI is InChI=1S/C18H22N6O2/c1-5-8-26-16-7-6-15(10-17(16)25-4)11-20-23-12-19-21-18(23)24-14(3)9-13(2)22-24/h6-7,9-12H,5,8H2,1-4H3/b20-11+. The maximum absolute atomic E-state index is 5.67. The highest BCUT2D eigenvalue weighted by atomic mass is 16.5. The zero-order valence-electron chi connectivity index (χ0n) is 15.4. The highest BCUT2D eigenvalue weighted by Gasteiger charge is 2.10. The van der Waals surface area contributed by atoms with E-state index in [-0.39, 0.29) is 0 Å². The van der Waals surface area contributed by atoms with Gasteiger partial charge in [0.1, 0.15) is 6.33 Å². The fourth-order valence-electron chi connectivity index (χ4n) is 2.50. The molecule has 3 aromatic rings. The zero-order chi connectivity index (χ0) is 18.5. The van der Waals surface area contributed by atoms with Gasteiger partial charge in [-0.1, -0.05) is 6.92 Å². The number of hydrogen-bond acceptors (Lipinski definition) is 6. The van der Waals surface area contributed by atoms with Gasteiger partial charge in [-0.3, -0.25) is 0 Å². The molecule has 0 radical (unpaired) electrons. The Bertz CT molecular complexity index is 912. The summed E-state index contributed by atoms with van der Waals surface area (Å²) < 4.78 is 14.4. The SMILES string of the molecule is CCCOc1ccc(/C=N/n2cnnc2-n2nc(C)cc2C)cc1OC. The van der Waals surface area contributed by atoms with Crippen molar-refractivity contribution in [2.75, 3.05) is 13.7 Å². The molecule has 26 heavy (non-hydrogen) atoms. The van der Waals surface area contributed by atoms with Crippen LogP contribution in [0.15, 0.2) is 35.7 Å². The monoisotopic (exact) mass is 354 g/mol. The van der Waals surface area contributed by atoms with Gasteiger partial charge in [-0.05, 0) is 50.1 Å². The molecule has 0 atom stereocenters. The Hall–Kier alpha value is -3.16. The molecule has 0 bridgehead atoms. The van der Waals surface area contributed by atoms with E-state index in [9.17, 15) is 0 Å². The maximum Gasteiger partial charge on any atom is 0.273 e. The number of aryl methyl sites for hydroxylation is 2. The largest absolute Gasteiger partial charge is 0.493 e. The fraction of sp³-hybridized carbons (Fsp3) is 0.333. The summed E-state index contributed by atoms with van der Waals surface area (Å²) >= 11 is 0. The van der Waals surface area contributed by atoms with Crippen LogP contribution >= 0.6 is 0 Å². The molecule has 0 spiro atoms. The van der Waals surface area contributed by atoms with E-state index in [2.05, 4.69) is 27.3 Å². The predicted molar refractivity (Wildman–Crippen MR) is 98.4 cm³/mol. The van der Waals surface area contributed by atoms with Crippen molar-refractivity contribution in [3.8, 4) is 17.4 Å². The Kier molecular flexibility index (Phi) is 5.31. The van der Waals surface area contributed by atoms with Gasteiger partial charge in [-0.15, -0.1) is 10.2 Å². The van der Waals surface area contributed by atoms with E-state index in [1.165, 1.54) is 6.33 Å². The molecule has 0 aliphatic carbocycles. The average molecular weight is 354 g/mol. The summed E-state index contributed by atoms with van der Waals surface area (Å²) in [5.41, 5.74) is 2.75. The van der Waals surface area contributed by atoms with Crippen LogP contribution in [0.2, 0.25) is 0 Å². The smallest absolute Gasteiger partial charge is 0.273 e. The van der Waals surface area contributed by atoms with Gasteiger partial charge < -0.3 is 9.47 Å². The van der Waals surface area contributed by atoms with Crippen LogP contribution in [-0.2, 0) is 0 Å². The number of hydrogen-bond donors (Lipinski definition) is 0. The van der Waals surface area contributed by atoms with E-state index in [4.69, 9.17) is 9.47 Å². The van der Waals surface area contributed by atoms with Gasteiger partial charge in [0.25, 0.3) is 5.95 Å². The lowest BCUT2D eigenvalue weighted by Crippen LogP contribution is -2.06. The van der Waals surface area contributed by atoms with Crippen LogP contribution in [-0.4, -0.2) is 44.6 Å². The lowest BCUT2D eigenvalue weighted by molar-refractivity contribution is 0.294. The van der Waals surface area contributed by atoms with E-state index in [1.54, 1.807) is 22.7 Å². The molecule has 0 N–H and O–H groups in total. The number of rotatable bonds is 7. The molecule has 2 aromatic heterocycles. The first-order valence-corrected chi connectivity index (χ1v) is 8.41. The number of methoxy groups -OCH3 is 1. The second kappa shape index (κ2) is 7.81. The number of aromatic nitrogens is 5. The van der Waals surface area contributed by atoms with Crippen LogP contribution in [0.4, 0.5) is 0 Å². The lowest BCUT2D eigenvalue weighted by Gasteiger charge is -2.10. The topological polar surface area (TPSA) is 79.4 Å². The van der Waals surface area contributed by atoms with Gasteiger partial charge in [0.15, 0.2) is 11.5 Å². The summed E-state index contributed by atoms with van der Waals surface area (Å²) in [4.78, 5) is 0. The van der Waals surface area contributed by atoms with Gasteiger partial charge >= 0.3 is 0 Å². The van der Waals surface area contributed by atoms with E-state index in [1.807, 2.05) is 38.1 Å². The first kappa shape index (κ1) is 17.7. The van der Waals surface area contributed by atoms with Gasteiger partial charge in [-0.2, -0.15) is 14.9 Å². The highest BCUT2D eigenvalue weighted by molar-refractivity contribution is 5.80. The molecule has 0 saturated heterocycles. The normalized spacial score (nSPS) is 11.2. The second-order valence-corrected chi connectivity index (χ2v) is 5.82. The second-order valence-electron chi connectivity index (χ2n) is 5.82. The molecule has 3 rings (SSSR count). The predicted octanol–water partition coefficient (Wildman–Crippen LogP) is 2.76. The summed E-state index contributed by atoms with van der Waals surface area (Å²) in [7, 11) is 1.62. The molecular weight excluding hydrogens is 332 g/mol. The van der Waals surface area contributed by atoms with Crippen molar-refractivity contribution >= 4 is 6.21 Å². The third-order valence-corrected chi connectivity index (χ3v) is 3.69. The fourth-order valence-corrected chi connectivity index (χ4v) is 2.50. The Balaban J connectivity index is 1.85. The molecule has 2 heterocycles. The van der Waals surface area contributed by atoms with Crippen molar-refractivity contribution in [2.45, 2.75) is 27.2 Å². The molecule has 0 amide bonds. The van der Waals surface area contributed by atoms with Crippen LogP contribution in [0.25, 0.3) is 5.95 Å². The van der Waals surface area contributed by atoms with E-state index in [0.29, 0.717) is 18.3 Å². The van der Waals surface area contributed by atoms with Crippen LogP contribution in [0.1, 0.15) is 30.3 Å². The maximum atomic E-state index is 5.67. The van der Waals surface area contributed by atoms with Crippen LogP contribution in [0.5, 0.6) is 11.5 Å². The quantitative estimate of drug-likeness (QED) is 0.610. The number of nitrogens with zero attached hydrogens (tertiary/aromatic N) is 6. The Morgan fingerprint density at radius 1 is 1.19 bits per heavy atom. The van der Waals surface area contributed by atoms with Crippen LogP contribution in [0, 0.1) is 13.8 Å². The summed E-state index contributed by atoms with van der Waals surface area (Å²) in [5, 5.41) is 16.9. The Morgan fingerprint density at radius 3 is 2.73 bits per heavy atom. The zero-order valence-corrected chi connectivity index (χ0v) is 15.4. The highest BCUT2D eigenvalue weighted by Crippen LogP contribution is 2.27. The Labute approximate surface area is 152 Å². The molecule has 0 unspecified atom stereocenters. The van der Waals surface area contributed by atoms with Crippen molar-refractivity contribution in [1.29, 1.82) is 0 Å². The first-order chi connectivity index (χ1) is 12.6. The minimum atomic E-state index is 0.529. The molecule has 8 heteroatoms. The third-order valence-electron chi connectivity index (χ3n) is 3.69. The van der Waals surface area contributed by atoms with Gasteiger partial charge in [0, 0.05) is 5.69 Å². The molecule has 0 fully saturated rings. The molecule has 0 aliphatic heterocycles. The average Bonchev–Trinajstić information content (AvgIpc) is 3.23. The van der Waals surface area contributed by atoms with Crippen molar-refractivity contribution in [3.63, 3.8) is 0 Å². The minimum Gasteiger partial charge on any atom is -0.493 e. The van der Waals surface area contributed by atoms with Crippen LogP contribution in [0.3, 0.4) is 0 Å². The summed E-state index contributed by atoms with van der Waals surface area (Å²) in [6, 6.07) is 7.65. The molecule has 0 saturated carbocycles. The molecule has 8 nitrogen and oxygen atoms in total. The summed E-state index contributed by atoms with van der Waals surface area (Å²) in [5.74, 6) is 1.92. The van der Waals surface area contributed by atoms with Gasteiger partial charge in [0.2, 0.25) is 0 Å². The summed E-state index contributed by atoms with van der Waals surface area (Å²) in [6.07, 6.45) is 4.19. The first-order valence-electron chi connectivity index (χ1n) is 8.41. The van der Waals surface area contributed by atoms with Crippen molar-refractivity contribution in [2.24, 2.45) is 5.10 Å². The van der Waals surface area contributed by atoms with Crippen molar-refractivity contribution in [1.82, 2.24) is 24.7 Å². The van der Waals surface area contributed by atoms with Crippen molar-refractivity contribution in [3.05, 3.63) is 47.5 Å². The van der Waals surface area contributed by atoms with Crippen molar-refractivity contribution < 1.29 is 9.47 Å². The Morgan fingerprint density at radius 2 is 2.04 bits per heavy atom. The van der Waals surface area contributed by atoms with E-state index in [0.717, 1.165) is 29.1 Å². The number of ether oxygens (including phenoxy) is 2. The molecule has 0 aliphatic rings. The molecule has 1 aromatic carbocycles. The number of benzene rings is 1. The third kappa shape index (κ3) is 3.74. The van der Waals surface area contributed by atoms with E-state index >= 15 is 0 Å². The lowest BCUT2D eigenvalue weighted by atomic mass is 10.2. The molecule has 136 valence electrons. The van der Waals surface area contributed by atoms with E-state index < -0.39 is 0 Å². The molecular formula is C18H22N6O2. The van der Waals surface area contributed by atoms with Gasteiger partial charge in [-0.25, -0.2) is 4.68 Å².